The van der Waals surface area contributed by atoms with Crippen LogP contribution in [0.3, 0.4) is 0 Å². The molecule has 0 unspecified atom stereocenters. The maximum absolute atomic E-state index is 12.6. The molecule has 1 amide bonds. The smallest absolute Gasteiger partial charge is 0.355 e. The van der Waals surface area contributed by atoms with Crippen LogP contribution in [0.15, 0.2) is 90.6 Å². The SMILES string of the molecule is C=CCOc1ccc(C(=O)N/N=C/c2ccc(OC(=O)c3sc4ccccc4c3Cl)cc2)cc1. The third-order valence-electron chi connectivity index (χ3n) is 4.68. The molecule has 4 aromatic rings. The Balaban J connectivity index is 1.33. The molecule has 0 aliphatic heterocycles. The van der Waals surface area contributed by atoms with Crippen LogP contribution in [0.2, 0.25) is 5.02 Å². The normalized spacial score (nSPS) is 10.9. The number of nitrogens with one attached hydrogen (secondary N) is 1. The van der Waals surface area contributed by atoms with Gasteiger partial charge in [-0.1, -0.05) is 42.5 Å². The summed E-state index contributed by atoms with van der Waals surface area (Å²) in [6.07, 6.45) is 3.14. The number of ether oxygens (including phenoxy) is 2. The maximum atomic E-state index is 12.6. The molecule has 0 bridgehead atoms. The Kier molecular flexibility index (Phi) is 7.37. The molecule has 8 heteroatoms. The summed E-state index contributed by atoms with van der Waals surface area (Å²) >= 11 is 7.64. The van der Waals surface area contributed by atoms with Gasteiger partial charge in [0.25, 0.3) is 5.91 Å². The summed E-state index contributed by atoms with van der Waals surface area (Å²) in [5, 5.41) is 5.19. The number of hydrogen-bond donors (Lipinski definition) is 1. The summed E-state index contributed by atoms with van der Waals surface area (Å²) in [5.74, 6) is 0.159. The number of amides is 1. The number of carbonyl (C=O) groups excluding carboxylic acids is 2. The average molecular weight is 491 g/mol. The van der Waals surface area contributed by atoms with Gasteiger partial charge in [0.2, 0.25) is 0 Å². The number of esters is 1. The molecule has 0 radical (unpaired) electrons. The van der Waals surface area contributed by atoms with E-state index in [9.17, 15) is 9.59 Å². The minimum absolute atomic E-state index is 0.350. The molecule has 0 fully saturated rings. The van der Waals surface area contributed by atoms with E-state index >= 15 is 0 Å². The Bertz CT molecular complexity index is 1360. The van der Waals surface area contributed by atoms with Crippen LogP contribution in [0, 0.1) is 0 Å². The monoisotopic (exact) mass is 490 g/mol. The lowest BCUT2D eigenvalue weighted by atomic mass is 10.2. The first kappa shape index (κ1) is 23.2. The highest BCUT2D eigenvalue weighted by Crippen LogP contribution is 2.35. The molecule has 1 aromatic heterocycles. The van der Waals surface area contributed by atoms with Crippen molar-refractivity contribution in [2.75, 3.05) is 6.61 Å². The van der Waals surface area contributed by atoms with Gasteiger partial charge < -0.3 is 9.47 Å². The Morgan fingerprint density at radius 1 is 1.00 bits per heavy atom. The van der Waals surface area contributed by atoms with Crippen molar-refractivity contribution in [3.05, 3.63) is 106 Å². The predicted octanol–water partition coefficient (Wildman–Crippen LogP) is 6.10. The number of fused-ring (bicyclic) bond motifs is 1. The van der Waals surface area contributed by atoms with Crippen LogP contribution in [-0.2, 0) is 0 Å². The fraction of sp³-hybridized carbons (Fsp3) is 0.0385. The van der Waals surface area contributed by atoms with E-state index in [1.807, 2.05) is 24.3 Å². The number of hydrogen-bond acceptors (Lipinski definition) is 6. The Hall–Kier alpha value is -3.94. The highest BCUT2D eigenvalue weighted by Gasteiger charge is 2.18. The molecule has 0 saturated carbocycles. The van der Waals surface area contributed by atoms with Crippen LogP contribution in [-0.4, -0.2) is 24.7 Å². The van der Waals surface area contributed by atoms with Crippen molar-refractivity contribution in [1.82, 2.24) is 5.43 Å². The van der Waals surface area contributed by atoms with E-state index in [2.05, 4.69) is 17.1 Å². The molecule has 0 saturated heterocycles. The van der Waals surface area contributed by atoms with Gasteiger partial charge in [0, 0.05) is 15.6 Å². The first-order valence-corrected chi connectivity index (χ1v) is 11.4. The lowest BCUT2D eigenvalue weighted by Gasteiger charge is -2.04. The van der Waals surface area contributed by atoms with Gasteiger partial charge in [0.05, 0.1) is 11.2 Å². The van der Waals surface area contributed by atoms with Crippen molar-refractivity contribution in [1.29, 1.82) is 0 Å². The van der Waals surface area contributed by atoms with Crippen molar-refractivity contribution in [2.24, 2.45) is 5.10 Å². The minimum atomic E-state index is -0.513. The zero-order valence-corrected chi connectivity index (χ0v) is 19.4. The van der Waals surface area contributed by atoms with Crippen LogP contribution in [0.4, 0.5) is 0 Å². The lowest BCUT2D eigenvalue weighted by molar-refractivity contribution is 0.0739. The van der Waals surface area contributed by atoms with E-state index in [4.69, 9.17) is 21.1 Å². The lowest BCUT2D eigenvalue weighted by Crippen LogP contribution is -2.17. The second-order valence-electron chi connectivity index (χ2n) is 7.02. The molecule has 0 aliphatic carbocycles. The summed E-state index contributed by atoms with van der Waals surface area (Å²) in [4.78, 5) is 25.1. The second kappa shape index (κ2) is 10.8. The summed E-state index contributed by atoms with van der Waals surface area (Å²) < 4.78 is 11.8. The summed E-state index contributed by atoms with van der Waals surface area (Å²) in [6.45, 7) is 3.98. The number of nitrogens with zero attached hydrogens (tertiary/aromatic N) is 1. The highest BCUT2D eigenvalue weighted by molar-refractivity contribution is 7.21. The number of rotatable bonds is 8. The Labute approximate surface area is 205 Å². The van der Waals surface area contributed by atoms with Crippen molar-refractivity contribution >= 4 is 51.1 Å². The topological polar surface area (TPSA) is 77.0 Å². The maximum Gasteiger partial charge on any atom is 0.355 e. The van der Waals surface area contributed by atoms with E-state index in [1.54, 1.807) is 54.6 Å². The quantitative estimate of drug-likeness (QED) is 0.106. The molecule has 4 rings (SSSR count). The molecule has 34 heavy (non-hydrogen) atoms. The van der Waals surface area contributed by atoms with Crippen LogP contribution in [0.1, 0.15) is 25.6 Å². The van der Waals surface area contributed by atoms with Gasteiger partial charge in [-0.2, -0.15) is 5.10 Å². The molecule has 3 aromatic carbocycles. The first-order valence-electron chi connectivity index (χ1n) is 10.2. The largest absolute Gasteiger partial charge is 0.490 e. The van der Waals surface area contributed by atoms with E-state index in [1.165, 1.54) is 17.6 Å². The van der Waals surface area contributed by atoms with Gasteiger partial charge in [-0.15, -0.1) is 11.3 Å². The number of thiophene rings is 1. The summed E-state index contributed by atoms with van der Waals surface area (Å²) in [6, 6.07) is 21.0. The Morgan fingerprint density at radius 2 is 1.71 bits per heavy atom. The molecular weight excluding hydrogens is 472 g/mol. The fourth-order valence-electron chi connectivity index (χ4n) is 3.01. The van der Waals surface area contributed by atoms with E-state index in [0.29, 0.717) is 39.1 Å². The summed E-state index contributed by atoms with van der Waals surface area (Å²) in [7, 11) is 0. The molecule has 1 heterocycles. The fourth-order valence-corrected chi connectivity index (χ4v) is 4.39. The molecule has 0 aliphatic rings. The summed E-state index contributed by atoms with van der Waals surface area (Å²) in [5.41, 5.74) is 3.64. The van der Waals surface area contributed by atoms with Crippen molar-refractivity contribution in [2.45, 2.75) is 0 Å². The van der Waals surface area contributed by atoms with Gasteiger partial charge in [-0.3, -0.25) is 4.79 Å². The van der Waals surface area contributed by atoms with Crippen LogP contribution in [0.5, 0.6) is 11.5 Å². The van der Waals surface area contributed by atoms with Crippen LogP contribution in [0.25, 0.3) is 10.1 Å². The number of carbonyl (C=O) groups is 2. The molecular formula is C26H19ClN2O4S. The molecule has 0 atom stereocenters. The number of halogens is 1. The third kappa shape index (κ3) is 5.51. The van der Waals surface area contributed by atoms with E-state index < -0.39 is 5.97 Å². The van der Waals surface area contributed by atoms with Gasteiger partial charge in [-0.05, 0) is 60.2 Å². The average Bonchev–Trinajstić information content (AvgIpc) is 3.21. The van der Waals surface area contributed by atoms with Crippen molar-refractivity contribution in [3.8, 4) is 11.5 Å². The number of hydrazone groups is 1. The van der Waals surface area contributed by atoms with E-state index in [-0.39, 0.29) is 5.91 Å². The van der Waals surface area contributed by atoms with Crippen molar-refractivity contribution in [3.63, 3.8) is 0 Å². The number of benzene rings is 3. The highest BCUT2D eigenvalue weighted by atomic mass is 35.5. The van der Waals surface area contributed by atoms with Gasteiger partial charge in [-0.25, -0.2) is 10.2 Å². The molecule has 6 nitrogen and oxygen atoms in total. The molecule has 170 valence electrons. The standard InChI is InChI=1S/C26H19ClN2O4S/c1-2-15-32-19-13-9-18(10-14-19)25(30)29-28-16-17-7-11-20(12-8-17)33-26(31)24-23(27)21-5-3-4-6-22(21)34-24/h2-14,16H,1,15H2,(H,29,30)/b28-16+. The molecule has 0 spiro atoms. The molecule has 1 N–H and O–H groups in total. The zero-order chi connectivity index (χ0) is 23.9. The van der Waals surface area contributed by atoms with Gasteiger partial charge in [0.1, 0.15) is 23.0 Å². The zero-order valence-electron chi connectivity index (χ0n) is 17.9. The van der Waals surface area contributed by atoms with E-state index in [0.717, 1.165) is 10.1 Å². The Morgan fingerprint density at radius 3 is 2.41 bits per heavy atom. The van der Waals surface area contributed by atoms with Crippen LogP contribution >= 0.6 is 22.9 Å². The first-order chi connectivity index (χ1) is 16.5. The predicted molar refractivity (Wildman–Crippen MR) is 135 cm³/mol. The van der Waals surface area contributed by atoms with Crippen LogP contribution < -0.4 is 14.9 Å². The minimum Gasteiger partial charge on any atom is -0.490 e. The van der Waals surface area contributed by atoms with Gasteiger partial charge in [0.15, 0.2) is 0 Å². The second-order valence-corrected chi connectivity index (χ2v) is 8.45. The van der Waals surface area contributed by atoms with Crippen molar-refractivity contribution < 1.29 is 19.1 Å². The van der Waals surface area contributed by atoms with Gasteiger partial charge >= 0.3 is 5.97 Å². The third-order valence-corrected chi connectivity index (χ3v) is 6.33.